The minimum absolute atomic E-state index is 0.116. The summed E-state index contributed by atoms with van der Waals surface area (Å²) in [6.07, 6.45) is 0.863. The Balaban J connectivity index is 1.55. The molecule has 0 saturated heterocycles. The lowest BCUT2D eigenvalue weighted by Gasteiger charge is -2.26. The lowest BCUT2D eigenvalue weighted by atomic mass is 10.1. The first-order valence-corrected chi connectivity index (χ1v) is 9.44. The first kappa shape index (κ1) is 17.2. The number of nitro groups is 1. The molecule has 0 aliphatic carbocycles. The van der Waals surface area contributed by atoms with Gasteiger partial charge in [-0.1, -0.05) is 30.3 Å². The lowest BCUT2D eigenvalue weighted by molar-refractivity contribution is -0.385. The predicted octanol–water partition coefficient (Wildman–Crippen LogP) is 4.02. The van der Waals surface area contributed by atoms with Gasteiger partial charge in [-0.2, -0.15) is 0 Å². The highest BCUT2D eigenvalue weighted by atomic mass is 32.2. The highest BCUT2D eigenvalue weighted by Gasteiger charge is 2.27. The maximum atomic E-state index is 12.7. The highest BCUT2D eigenvalue weighted by molar-refractivity contribution is 7.85. The molecule has 2 aromatic carbocycles. The number of aromatic nitrogens is 1. The van der Waals surface area contributed by atoms with E-state index in [0.717, 1.165) is 11.8 Å². The number of nitrogens with zero attached hydrogens (tertiary/aromatic N) is 2. The number of fused-ring (bicyclic) bond motifs is 1. The number of rotatable bonds is 4. The van der Waals surface area contributed by atoms with Crippen molar-refractivity contribution in [2.45, 2.75) is 11.0 Å². The van der Waals surface area contributed by atoms with Crippen molar-refractivity contribution in [3.05, 3.63) is 82.5 Å². The van der Waals surface area contributed by atoms with E-state index in [2.05, 4.69) is 4.98 Å². The summed E-state index contributed by atoms with van der Waals surface area (Å²) in [5, 5.41) is 10.7. The Morgan fingerprint density at radius 1 is 1.15 bits per heavy atom. The van der Waals surface area contributed by atoms with Crippen LogP contribution in [0.4, 0.5) is 5.69 Å². The molecule has 0 amide bonds. The summed E-state index contributed by atoms with van der Waals surface area (Å²) in [6.45, 7) is 0. The number of benzene rings is 2. The average molecular weight is 382 g/mol. The quantitative estimate of drug-likeness (QED) is 0.500. The van der Waals surface area contributed by atoms with Crippen molar-refractivity contribution in [1.82, 2.24) is 4.98 Å². The summed E-state index contributed by atoms with van der Waals surface area (Å²) in [7, 11) is -1.24. The van der Waals surface area contributed by atoms with Crippen LogP contribution in [0.2, 0.25) is 0 Å². The molecule has 27 heavy (non-hydrogen) atoms. The molecule has 1 aliphatic rings. The van der Waals surface area contributed by atoms with Crippen molar-refractivity contribution in [1.29, 1.82) is 0 Å². The van der Waals surface area contributed by atoms with Gasteiger partial charge in [-0.05, 0) is 17.7 Å². The van der Waals surface area contributed by atoms with Gasteiger partial charge in [-0.25, -0.2) is 4.98 Å². The number of ether oxygens (including phenoxy) is 2. The fourth-order valence-corrected chi connectivity index (χ4v) is 4.04. The van der Waals surface area contributed by atoms with Crippen molar-refractivity contribution in [2.75, 3.05) is 5.75 Å². The molecule has 8 heteroatoms. The van der Waals surface area contributed by atoms with E-state index in [-0.39, 0.29) is 17.7 Å². The van der Waals surface area contributed by atoms with Gasteiger partial charge in [0.15, 0.2) is 0 Å². The zero-order chi connectivity index (χ0) is 18.8. The van der Waals surface area contributed by atoms with Crippen LogP contribution in [0.5, 0.6) is 17.4 Å². The topological polar surface area (TPSA) is 91.6 Å². The Labute approximate surface area is 157 Å². The van der Waals surface area contributed by atoms with Crippen molar-refractivity contribution in [3.63, 3.8) is 0 Å². The Kier molecular flexibility index (Phi) is 4.55. The molecule has 0 saturated carbocycles. The molecule has 1 aliphatic heterocycles. The molecule has 2 heterocycles. The van der Waals surface area contributed by atoms with Crippen LogP contribution in [0.25, 0.3) is 0 Å². The molecule has 136 valence electrons. The predicted molar refractivity (Wildman–Crippen MR) is 98.5 cm³/mol. The second kappa shape index (κ2) is 7.16. The molecule has 0 bridgehead atoms. The van der Waals surface area contributed by atoms with E-state index in [1.807, 2.05) is 30.3 Å². The van der Waals surface area contributed by atoms with E-state index in [4.69, 9.17) is 9.47 Å². The largest absolute Gasteiger partial charge is 0.483 e. The second-order valence-corrected chi connectivity index (χ2v) is 7.32. The summed E-state index contributed by atoms with van der Waals surface area (Å²) in [4.78, 5) is 14.6. The van der Waals surface area contributed by atoms with E-state index in [1.165, 1.54) is 12.1 Å². The highest BCUT2D eigenvalue weighted by Crippen LogP contribution is 2.37. The second-order valence-electron chi connectivity index (χ2n) is 5.85. The van der Waals surface area contributed by atoms with Crippen molar-refractivity contribution in [2.24, 2.45) is 0 Å². The minimum Gasteiger partial charge on any atom is -0.483 e. The van der Waals surface area contributed by atoms with Crippen LogP contribution >= 0.6 is 0 Å². The molecule has 3 aromatic rings. The molecule has 1 aromatic heterocycles. The lowest BCUT2D eigenvalue weighted by Crippen LogP contribution is -2.21. The van der Waals surface area contributed by atoms with Crippen LogP contribution < -0.4 is 9.47 Å². The summed E-state index contributed by atoms with van der Waals surface area (Å²) in [5.41, 5.74) is 0.862. The van der Waals surface area contributed by atoms with Crippen LogP contribution in [-0.2, 0) is 10.8 Å². The van der Waals surface area contributed by atoms with Gasteiger partial charge in [0.25, 0.3) is 5.69 Å². The van der Waals surface area contributed by atoms with E-state index in [9.17, 15) is 14.3 Å². The maximum Gasteiger partial charge on any atom is 0.287 e. The Bertz CT molecular complexity index is 1010. The third kappa shape index (κ3) is 3.65. The van der Waals surface area contributed by atoms with Crippen molar-refractivity contribution < 1.29 is 18.6 Å². The fraction of sp³-hybridized carbons (Fsp3) is 0.105. The van der Waals surface area contributed by atoms with Crippen LogP contribution in [0.15, 0.2) is 71.8 Å². The molecule has 0 spiro atoms. The van der Waals surface area contributed by atoms with Crippen LogP contribution in [0.1, 0.15) is 11.7 Å². The molecular formula is C19H14N2O5S. The van der Waals surface area contributed by atoms with Gasteiger partial charge in [0.1, 0.15) is 23.8 Å². The maximum absolute atomic E-state index is 12.7. The first-order valence-electron chi connectivity index (χ1n) is 8.12. The molecule has 4 rings (SSSR count). The molecule has 2 atom stereocenters. The van der Waals surface area contributed by atoms with Gasteiger partial charge in [0.2, 0.25) is 5.88 Å². The number of hydrogen-bond acceptors (Lipinski definition) is 6. The average Bonchev–Trinajstić information content (AvgIpc) is 2.69. The van der Waals surface area contributed by atoms with Crippen LogP contribution in [-0.4, -0.2) is 19.9 Å². The van der Waals surface area contributed by atoms with Gasteiger partial charge in [0, 0.05) is 18.2 Å². The molecule has 7 nitrogen and oxygen atoms in total. The van der Waals surface area contributed by atoms with Crippen LogP contribution in [0.3, 0.4) is 0 Å². The van der Waals surface area contributed by atoms with E-state index in [1.54, 1.807) is 18.2 Å². The third-order valence-corrected chi connectivity index (χ3v) is 5.47. The summed E-state index contributed by atoms with van der Waals surface area (Å²) >= 11 is 0. The zero-order valence-electron chi connectivity index (χ0n) is 14.0. The first-order chi connectivity index (χ1) is 13.1. The normalized spacial score (nSPS) is 18.2. The van der Waals surface area contributed by atoms with Gasteiger partial charge < -0.3 is 9.47 Å². The number of hydrogen-bond donors (Lipinski definition) is 0. The van der Waals surface area contributed by atoms with Gasteiger partial charge in [-0.3, -0.25) is 14.3 Å². The van der Waals surface area contributed by atoms with Gasteiger partial charge in [-0.15, -0.1) is 0 Å². The summed E-state index contributed by atoms with van der Waals surface area (Å²) < 4.78 is 24.3. The standard InChI is InChI=1S/C19H14N2O5S/c22-21(23)14-6-9-19(20-11-14)25-15-7-8-16-18(10-15)27(24)12-17(26-16)13-4-2-1-3-5-13/h1-11,17H,12H2. The van der Waals surface area contributed by atoms with Gasteiger partial charge in [0.05, 0.1) is 26.4 Å². The Hall–Kier alpha value is -3.26. The van der Waals surface area contributed by atoms with Crippen molar-refractivity contribution >= 4 is 16.5 Å². The SMILES string of the molecule is O=[N+]([O-])c1ccc(Oc2ccc3c(c2)S(=O)CC(c2ccccc2)O3)nc1. The third-order valence-electron chi connectivity index (χ3n) is 4.06. The van der Waals surface area contributed by atoms with E-state index < -0.39 is 15.7 Å². The monoisotopic (exact) mass is 382 g/mol. The zero-order valence-corrected chi connectivity index (χ0v) is 14.8. The Morgan fingerprint density at radius 3 is 2.67 bits per heavy atom. The minimum atomic E-state index is -1.24. The fourth-order valence-electron chi connectivity index (χ4n) is 2.74. The number of pyridine rings is 1. The van der Waals surface area contributed by atoms with Gasteiger partial charge >= 0.3 is 0 Å². The molecule has 0 fully saturated rings. The Morgan fingerprint density at radius 2 is 1.96 bits per heavy atom. The molecule has 0 radical (unpaired) electrons. The summed E-state index contributed by atoms with van der Waals surface area (Å²) in [6, 6.07) is 17.4. The smallest absolute Gasteiger partial charge is 0.287 e. The summed E-state index contributed by atoms with van der Waals surface area (Å²) in [5.74, 6) is 1.56. The van der Waals surface area contributed by atoms with Crippen molar-refractivity contribution in [3.8, 4) is 17.4 Å². The van der Waals surface area contributed by atoms with E-state index >= 15 is 0 Å². The molecule has 2 unspecified atom stereocenters. The van der Waals surface area contributed by atoms with E-state index in [0.29, 0.717) is 22.1 Å². The molecular weight excluding hydrogens is 368 g/mol. The molecule has 0 N–H and O–H groups in total. The van der Waals surface area contributed by atoms with Crippen LogP contribution in [0, 0.1) is 10.1 Å².